The molecule has 126 valence electrons. The van der Waals surface area contributed by atoms with E-state index in [9.17, 15) is 0 Å². The molecule has 2 heteroatoms. The van der Waals surface area contributed by atoms with Crippen LogP contribution in [0.1, 0.15) is 42.4 Å². The average molecular weight is 322 g/mol. The molecule has 1 fully saturated rings. The Bertz CT molecular complexity index is 627. The zero-order valence-electron chi connectivity index (χ0n) is 14.2. The molecule has 2 nitrogen and oxygen atoms in total. The van der Waals surface area contributed by atoms with Crippen molar-refractivity contribution in [3.8, 4) is 0 Å². The fourth-order valence-electron chi connectivity index (χ4n) is 2.94. The van der Waals surface area contributed by atoms with Crippen molar-refractivity contribution < 1.29 is 9.47 Å². The van der Waals surface area contributed by atoms with Crippen molar-refractivity contribution in [2.75, 3.05) is 13.2 Å². The average Bonchev–Trinajstić information content (AvgIpc) is 2.66. The molecule has 0 bridgehead atoms. The van der Waals surface area contributed by atoms with Crippen LogP contribution in [0.15, 0.2) is 54.6 Å². The van der Waals surface area contributed by atoms with Crippen molar-refractivity contribution in [1.82, 2.24) is 0 Å². The number of hydrogen-bond acceptors (Lipinski definition) is 2. The Morgan fingerprint density at radius 3 is 2.62 bits per heavy atom. The summed E-state index contributed by atoms with van der Waals surface area (Å²) in [6, 6.07) is 19.1. The lowest BCUT2D eigenvalue weighted by Crippen LogP contribution is -2.22. The number of rotatable bonds is 7. The van der Waals surface area contributed by atoms with Crippen LogP contribution in [-0.4, -0.2) is 19.5 Å². The van der Waals surface area contributed by atoms with E-state index in [0.29, 0.717) is 0 Å². The molecule has 2 aromatic rings. The highest BCUT2D eigenvalue weighted by molar-refractivity contribution is 5.69. The SMILES string of the molecule is C(=C\c1cccc(CCCOC2CCCCO2)c1)/c1ccccc1. The molecule has 0 aliphatic carbocycles. The van der Waals surface area contributed by atoms with Crippen molar-refractivity contribution in [3.63, 3.8) is 0 Å². The Morgan fingerprint density at radius 1 is 0.958 bits per heavy atom. The number of hydrogen-bond donors (Lipinski definition) is 0. The minimum atomic E-state index is 0.0268. The Kier molecular flexibility index (Phi) is 6.64. The van der Waals surface area contributed by atoms with E-state index < -0.39 is 0 Å². The second-order valence-electron chi connectivity index (χ2n) is 6.26. The Hall–Kier alpha value is -1.90. The lowest BCUT2D eigenvalue weighted by molar-refractivity contribution is -0.162. The maximum atomic E-state index is 5.80. The van der Waals surface area contributed by atoms with Crippen LogP contribution in [0.25, 0.3) is 12.2 Å². The van der Waals surface area contributed by atoms with E-state index in [1.807, 2.05) is 6.07 Å². The third-order valence-corrected chi connectivity index (χ3v) is 4.27. The molecular formula is C22H26O2. The van der Waals surface area contributed by atoms with Gasteiger partial charge in [-0.25, -0.2) is 0 Å². The van der Waals surface area contributed by atoms with Gasteiger partial charge in [-0.05, 0) is 48.8 Å². The van der Waals surface area contributed by atoms with Crippen LogP contribution in [0.3, 0.4) is 0 Å². The van der Waals surface area contributed by atoms with E-state index >= 15 is 0 Å². The Balaban J connectivity index is 1.45. The Morgan fingerprint density at radius 2 is 1.79 bits per heavy atom. The number of ether oxygens (including phenoxy) is 2. The van der Waals surface area contributed by atoms with Crippen LogP contribution in [0.5, 0.6) is 0 Å². The van der Waals surface area contributed by atoms with Gasteiger partial charge in [0, 0.05) is 6.61 Å². The predicted octanol–water partition coefficient (Wildman–Crippen LogP) is 5.33. The van der Waals surface area contributed by atoms with E-state index in [2.05, 4.69) is 60.7 Å². The van der Waals surface area contributed by atoms with Crippen molar-refractivity contribution in [1.29, 1.82) is 0 Å². The van der Waals surface area contributed by atoms with Gasteiger partial charge in [0.05, 0.1) is 6.61 Å². The summed E-state index contributed by atoms with van der Waals surface area (Å²) < 4.78 is 11.4. The molecule has 0 N–H and O–H groups in total. The highest BCUT2D eigenvalue weighted by atomic mass is 16.7. The van der Waals surface area contributed by atoms with Crippen LogP contribution < -0.4 is 0 Å². The Labute approximate surface area is 145 Å². The van der Waals surface area contributed by atoms with Gasteiger partial charge < -0.3 is 9.47 Å². The molecule has 0 radical (unpaired) electrons. The molecule has 1 heterocycles. The molecule has 1 saturated heterocycles. The molecule has 1 atom stereocenters. The van der Waals surface area contributed by atoms with E-state index in [1.165, 1.54) is 29.5 Å². The third-order valence-electron chi connectivity index (χ3n) is 4.27. The first kappa shape index (κ1) is 16.9. The molecular weight excluding hydrogens is 296 g/mol. The summed E-state index contributed by atoms with van der Waals surface area (Å²) in [6.07, 6.45) is 9.86. The van der Waals surface area contributed by atoms with Gasteiger partial charge in [-0.15, -0.1) is 0 Å². The first-order chi connectivity index (χ1) is 11.9. The van der Waals surface area contributed by atoms with E-state index in [-0.39, 0.29) is 6.29 Å². The zero-order chi connectivity index (χ0) is 16.5. The summed E-state index contributed by atoms with van der Waals surface area (Å²) in [5.41, 5.74) is 3.83. The van der Waals surface area contributed by atoms with Crippen LogP contribution in [-0.2, 0) is 15.9 Å². The molecule has 1 unspecified atom stereocenters. The number of aryl methyl sites for hydroxylation is 1. The smallest absolute Gasteiger partial charge is 0.157 e. The summed E-state index contributed by atoms with van der Waals surface area (Å²) in [7, 11) is 0. The van der Waals surface area contributed by atoms with Gasteiger partial charge in [-0.1, -0.05) is 66.7 Å². The van der Waals surface area contributed by atoms with Gasteiger partial charge in [-0.2, -0.15) is 0 Å². The van der Waals surface area contributed by atoms with Gasteiger partial charge in [0.1, 0.15) is 0 Å². The molecule has 24 heavy (non-hydrogen) atoms. The lowest BCUT2D eigenvalue weighted by atomic mass is 10.1. The summed E-state index contributed by atoms with van der Waals surface area (Å²) in [5, 5.41) is 0. The van der Waals surface area contributed by atoms with Crippen LogP contribution in [0.2, 0.25) is 0 Å². The van der Waals surface area contributed by atoms with Crippen LogP contribution >= 0.6 is 0 Å². The minimum Gasteiger partial charge on any atom is -0.353 e. The minimum absolute atomic E-state index is 0.0268. The second-order valence-corrected chi connectivity index (χ2v) is 6.26. The van der Waals surface area contributed by atoms with Crippen molar-refractivity contribution in [3.05, 3.63) is 71.3 Å². The number of benzene rings is 2. The maximum Gasteiger partial charge on any atom is 0.157 e. The van der Waals surface area contributed by atoms with Crippen LogP contribution in [0, 0.1) is 0 Å². The largest absolute Gasteiger partial charge is 0.353 e. The third kappa shape index (κ3) is 5.63. The van der Waals surface area contributed by atoms with E-state index in [0.717, 1.165) is 32.5 Å². The monoisotopic (exact) mass is 322 g/mol. The fraction of sp³-hybridized carbons (Fsp3) is 0.364. The normalized spacial score (nSPS) is 18.1. The van der Waals surface area contributed by atoms with E-state index in [4.69, 9.17) is 9.47 Å². The lowest BCUT2D eigenvalue weighted by Gasteiger charge is -2.22. The van der Waals surface area contributed by atoms with Gasteiger partial charge in [0.2, 0.25) is 0 Å². The highest BCUT2D eigenvalue weighted by Gasteiger charge is 2.13. The molecule has 1 aliphatic rings. The summed E-state index contributed by atoms with van der Waals surface area (Å²) in [6.45, 7) is 1.62. The molecule has 0 spiro atoms. The highest BCUT2D eigenvalue weighted by Crippen LogP contribution is 2.15. The van der Waals surface area contributed by atoms with Gasteiger partial charge >= 0.3 is 0 Å². The van der Waals surface area contributed by atoms with Gasteiger partial charge in [0.25, 0.3) is 0 Å². The maximum absolute atomic E-state index is 5.80. The first-order valence-corrected chi connectivity index (χ1v) is 8.95. The van der Waals surface area contributed by atoms with Crippen molar-refractivity contribution in [2.24, 2.45) is 0 Å². The van der Waals surface area contributed by atoms with Crippen molar-refractivity contribution >= 4 is 12.2 Å². The molecule has 0 amide bonds. The summed E-state index contributed by atoms with van der Waals surface area (Å²) >= 11 is 0. The fourth-order valence-corrected chi connectivity index (χ4v) is 2.94. The molecule has 0 aromatic heterocycles. The van der Waals surface area contributed by atoms with Crippen LogP contribution in [0.4, 0.5) is 0 Å². The molecule has 1 aliphatic heterocycles. The quantitative estimate of drug-likeness (QED) is 0.506. The summed E-state index contributed by atoms with van der Waals surface area (Å²) in [5.74, 6) is 0. The second kappa shape index (κ2) is 9.41. The van der Waals surface area contributed by atoms with E-state index in [1.54, 1.807) is 0 Å². The van der Waals surface area contributed by atoms with Crippen molar-refractivity contribution in [2.45, 2.75) is 38.4 Å². The topological polar surface area (TPSA) is 18.5 Å². The van der Waals surface area contributed by atoms with Gasteiger partial charge in [-0.3, -0.25) is 0 Å². The predicted molar refractivity (Wildman–Crippen MR) is 99.7 cm³/mol. The molecule has 3 rings (SSSR count). The zero-order valence-corrected chi connectivity index (χ0v) is 14.2. The summed E-state index contributed by atoms with van der Waals surface area (Å²) in [4.78, 5) is 0. The van der Waals surface area contributed by atoms with Gasteiger partial charge in [0.15, 0.2) is 6.29 Å². The first-order valence-electron chi connectivity index (χ1n) is 8.95. The standard InChI is InChI=1S/C22H26O2/c1-2-8-19(9-3-1)14-15-21-11-6-10-20(18-21)12-7-17-24-22-13-4-5-16-23-22/h1-3,6,8-11,14-15,18,22H,4-5,7,12-13,16-17H2/b15-14+. The molecule has 2 aromatic carbocycles. The molecule has 0 saturated carbocycles.